The highest BCUT2D eigenvalue weighted by Crippen LogP contribution is 2.25. The molecular weight excluding hydrogens is 283 g/mol. The lowest BCUT2D eigenvalue weighted by molar-refractivity contribution is -0.111. The van der Waals surface area contributed by atoms with Crippen LogP contribution in [0.4, 0.5) is 5.69 Å². The number of likely N-dealkylation sites (tertiary alicyclic amines) is 1. The number of halogens is 2. The monoisotopic (exact) mass is 300 g/mol. The van der Waals surface area contributed by atoms with Gasteiger partial charge in [-0.05, 0) is 44.0 Å². The topological polar surface area (TPSA) is 32.3 Å². The first-order chi connectivity index (χ1) is 9.20. The molecule has 5 heteroatoms. The predicted molar refractivity (Wildman–Crippen MR) is 80.2 cm³/mol. The van der Waals surface area contributed by atoms with Gasteiger partial charge in [0.25, 0.3) is 0 Å². The zero-order valence-corrected chi connectivity index (χ0v) is 12.3. The highest BCUT2D eigenvalue weighted by atomic mass is 35.5. The van der Waals surface area contributed by atoms with Gasteiger partial charge in [0.15, 0.2) is 0 Å². The SMILES string of the molecule is O=CC1CCCN1CCCNc1ccc(Cl)c(Cl)c1. The summed E-state index contributed by atoms with van der Waals surface area (Å²) in [6, 6.07) is 5.66. The van der Waals surface area contributed by atoms with E-state index >= 15 is 0 Å². The van der Waals surface area contributed by atoms with E-state index < -0.39 is 0 Å². The van der Waals surface area contributed by atoms with Crippen molar-refractivity contribution in [2.45, 2.75) is 25.3 Å². The summed E-state index contributed by atoms with van der Waals surface area (Å²) < 4.78 is 0. The molecule has 1 aliphatic heterocycles. The summed E-state index contributed by atoms with van der Waals surface area (Å²) in [5.41, 5.74) is 0.975. The number of carbonyl (C=O) groups is 1. The van der Waals surface area contributed by atoms with Gasteiger partial charge in [-0.2, -0.15) is 0 Å². The first kappa shape index (κ1) is 14.6. The molecule has 1 aromatic carbocycles. The Morgan fingerprint density at radius 3 is 2.95 bits per heavy atom. The van der Waals surface area contributed by atoms with Crippen LogP contribution >= 0.6 is 23.2 Å². The lowest BCUT2D eigenvalue weighted by atomic mass is 10.2. The quantitative estimate of drug-likeness (QED) is 0.645. The number of nitrogens with zero attached hydrogens (tertiary/aromatic N) is 1. The second-order valence-corrected chi connectivity index (χ2v) is 5.61. The second-order valence-electron chi connectivity index (χ2n) is 4.79. The Morgan fingerprint density at radius 1 is 1.37 bits per heavy atom. The molecule has 0 radical (unpaired) electrons. The number of hydrogen-bond acceptors (Lipinski definition) is 3. The highest BCUT2D eigenvalue weighted by molar-refractivity contribution is 6.42. The van der Waals surface area contributed by atoms with Crippen LogP contribution in [-0.2, 0) is 4.79 Å². The standard InChI is InChI=1S/C14H18Cl2N2O/c15-13-5-4-11(9-14(13)16)17-6-2-8-18-7-1-3-12(18)10-19/h4-5,9-10,12,17H,1-3,6-8H2. The van der Waals surface area contributed by atoms with E-state index in [1.807, 2.05) is 12.1 Å². The zero-order valence-electron chi connectivity index (χ0n) is 10.7. The molecule has 1 aromatic rings. The summed E-state index contributed by atoms with van der Waals surface area (Å²) in [5.74, 6) is 0. The van der Waals surface area contributed by atoms with Crippen LogP contribution in [-0.4, -0.2) is 36.9 Å². The van der Waals surface area contributed by atoms with Crippen LogP contribution in [0.1, 0.15) is 19.3 Å². The third-order valence-corrected chi connectivity index (χ3v) is 4.18. The molecule has 1 aliphatic rings. The Hall–Kier alpha value is -0.770. The molecule has 0 aliphatic carbocycles. The Labute approximate surface area is 123 Å². The number of carbonyl (C=O) groups excluding carboxylic acids is 1. The van der Waals surface area contributed by atoms with E-state index in [1.54, 1.807) is 6.07 Å². The molecule has 0 bridgehead atoms. The van der Waals surface area contributed by atoms with E-state index in [0.717, 1.165) is 50.9 Å². The van der Waals surface area contributed by atoms with Crippen molar-refractivity contribution in [3.8, 4) is 0 Å². The van der Waals surface area contributed by atoms with Crippen LogP contribution in [0, 0.1) is 0 Å². The molecule has 1 atom stereocenters. The van der Waals surface area contributed by atoms with E-state index in [-0.39, 0.29) is 6.04 Å². The van der Waals surface area contributed by atoms with E-state index in [9.17, 15) is 4.79 Å². The minimum absolute atomic E-state index is 0.130. The fourth-order valence-corrected chi connectivity index (χ4v) is 2.70. The molecule has 1 N–H and O–H groups in total. The predicted octanol–water partition coefficient (Wildman–Crippen LogP) is 3.46. The zero-order chi connectivity index (χ0) is 13.7. The molecule has 0 saturated carbocycles. The smallest absolute Gasteiger partial charge is 0.137 e. The van der Waals surface area contributed by atoms with Crippen LogP contribution in [0.3, 0.4) is 0 Å². The van der Waals surface area contributed by atoms with Gasteiger partial charge in [0.05, 0.1) is 16.1 Å². The molecule has 0 amide bonds. The van der Waals surface area contributed by atoms with Gasteiger partial charge in [-0.3, -0.25) is 4.90 Å². The average Bonchev–Trinajstić information content (AvgIpc) is 2.86. The van der Waals surface area contributed by atoms with E-state index in [1.165, 1.54) is 0 Å². The van der Waals surface area contributed by atoms with Crippen LogP contribution in [0.25, 0.3) is 0 Å². The van der Waals surface area contributed by atoms with E-state index in [2.05, 4.69) is 10.2 Å². The fraction of sp³-hybridized carbons (Fsp3) is 0.500. The third-order valence-electron chi connectivity index (χ3n) is 3.44. The molecule has 19 heavy (non-hydrogen) atoms. The maximum absolute atomic E-state index is 10.9. The second kappa shape index (κ2) is 7.13. The first-order valence-electron chi connectivity index (χ1n) is 6.59. The third kappa shape index (κ3) is 4.10. The van der Waals surface area contributed by atoms with Crippen molar-refractivity contribution < 1.29 is 4.79 Å². The van der Waals surface area contributed by atoms with Gasteiger partial charge in [-0.25, -0.2) is 0 Å². The molecule has 1 fully saturated rings. The Balaban J connectivity index is 1.71. The molecule has 104 valence electrons. The average molecular weight is 301 g/mol. The fourth-order valence-electron chi connectivity index (χ4n) is 2.40. The number of nitrogens with one attached hydrogen (secondary N) is 1. The highest BCUT2D eigenvalue weighted by Gasteiger charge is 2.22. The van der Waals surface area contributed by atoms with Crippen molar-refractivity contribution in [1.82, 2.24) is 4.90 Å². The molecule has 0 aromatic heterocycles. The number of anilines is 1. The number of aldehydes is 1. The van der Waals surface area contributed by atoms with Gasteiger partial charge in [0.2, 0.25) is 0 Å². The normalized spacial score (nSPS) is 19.6. The molecular formula is C14H18Cl2N2O. The van der Waals surface area contributed by atoms with Gasteiger partial charge in [-0.1, -0.05) is 23.2 Å². The largest absolute Gasteiger partial charge is 0.385 e. The van der Waals surface area contributed by atoms with Crippen LogP contribution in [0.15, 0.2) is 18.2 Å². The maximum atomic E-state index is 10.9. The van der Waals surface area contributed by atoms with Crippen LogP contribution in [0.5, 0.6) is 0 Å². The minimum atomic E-state index is 0.130. The van der Waals surface area contributed by atoms with Crippen molar-refractivity contribution in [2.75, 3.05) is 25.0 Å². The number of hydrogen-bond donors (Lipinski definition) is 1. The summed E-state index contributed by atoms with van der Waals surface area (Å²) in [6.07, 6.45) is 4.21. The Bertz CT molecular complexity index is 439. The van der Waals surface area contributed by atoms with Gasteiger partial charge in [0.1, 0.15) is 6.29 Å². The first-order valence-corrected chi connectivity index (χ1v) is 7.34. The van der Waals surface area contributed by atoms with Crippen LogP contribution in [0.2, 0.25) is 10.0 Å². The molecule has 1 unspecified atom stereocenters. The van der Waals surface area contributed by atoms with Crippen molar-refractivity contribution in [3.63, 3.8) is 0 Å². The van der Waals surface area contributed by atoms with Gasteiger partial charge >= 0.3 is 0 Å². The summed E-state index contributed by atoms with van der Waals surface area (Å²) in [4.78, 5) is 13.1. The van der Waals surface area contributed by atoms with Crippen molar-refractivity contribution >= 4 is 35.2 Å². The lowest BCUT2D eigenvalue weighted by Crippen LogP contribution is -2.32. The van der Waals surface area contributed by atoms with Crippen molar-refractivity contribution in [3.05, 3.63) is 28.2 Å². The number of benzene rings is 1. The maximum Gasteiger partial charge on any atom is 0.137 e. The summed E-state index contributed by atoms with van der Waals surface area (Å²) >= 11 is 11.8. The molecule has 1 saturated heterocycles. The Morgan fingerprint density at radius 2 is 2.21 bits per heavy atom. The van der Waals surface area contributed by atoms with Crippen molar-refractivity contribution in [2.24, 2.45) is 0 Å². The van der Waals surface area contributed by atoms with E-state index in [0.29, 0.717) is 10.0 Å². The van der Waals surface area contributed by atoms with E-state index in [4.69, 9.17) is 23.2 Å². The lowest BCUT2D eigenvalue weighted by Gasteiger charge is -2.19. The molecule has 1 heterocycles. The summed E-state index contributed by atoms with van der Waals surface area (Å²) in [7, 11) is 0. The molecule has 3 nitrogen and oxygen atoms in total. The Kier molecular flexibility index (Phi) is 5.49. The summed E-state index contributed by atoms with van der Waals surface area (Å²) in [5, 5.41) is 4.44. The molecule has 2 rings (SSSR count). The van der Waals surface area contributed by atoms with Gasteiger partial charge < -0.3 is 10.1 Å². The number of rotatable bonds is 6. The molecule has 0 spiro atoms. The van der Waals surface area contributed by atoms with Gasteiger partial charge in [0, 0.05) is 18.8 Å². The summed E-state index contributed by atoms with van der Waals surface area (Å²) in [6.45, 7) is 2.86. The van der Waals surface area contributed by atoms with Crippen molar-refractivity contribution in [1.29, 1.82) is 0 Å². The van der Waals surface area contributed by atoms with Gasteiger partial charge in [-0.15, -0.1) is 0 Å². The van der Waals surface area contributed by atoms with Crippen LogP contribution < -0.4 is 5.32 Å². The minimum Gasteiger partial charge on any atom is -0.385 e.